The Balaban J connectivity index is 1.99. The molecule has 2 aromatic rings. The Morgan fingerprint density at radius 2 is 2.00 bits per heavy atom. The Labute approximate surface area is 137 Å². The van der Waals surface area contributed by atoms with Gasteiger partial charge in [-0.2, -0.15) is 0 Å². The van der Waals surface area contributed by atoms with Gasteiger partial charge < -0.3 is 15.5 Å². The molecule has 22 heavy (non-hydrogen) atoms. The normalized spacial score (nSPS) is 11.2. The highest BCUT2D eigenvalue weighted by atomic mass is 35.5. The first-order valence-corrected chi connectivity index (χ1v) is 7.32. The highest BCUT2D eigenvalue weighted by molar-refractivity contribution is 6.42. The van der Waals surface area contributed by atoms with Crippen molar-refractivity contribution in [2.24, 2.45) is 5.73 Å². The molecule has 0 radical (unpaired) electrons. The Kier molecular flexibility index (Phi) is 5.46. The maximum atomic E-state index is 11.6. The number of benzene rings is 1. The lowest BCUT2D eigenvalue weighted by Gasteiger charge is -2.00. The van der Waals surface area contributed by atoms with Crippen LogP contribution in [0.4, 0.5) is 0 Å². The van der Waals surface area contributed by atoms with Gasteiger partial charge in [0, 0.05) is 35.2 Å². The van der Waals surface area contributed by atoms with Crippen LogP contribution in [-0.2, 0) is 14.3 Å². The number of hydrogen-bond donors (Lipinski definition) is 2. The highest BCUT2D eigenvalue weighted by Crippen LogP contribution is 2.29. The van der Waals surface area contributed by atoms with Crippen LogP contribution in [0.2, 0.25) is 10.0 Å². The summed E-state index contributed by atoms with van der Waals surface area (Å²) >= 11 is 11.9. The molecule has 2 rings (SSSR count). The van der Waals surface area contributed by atoms with Crippen LogP contribution in [0.3, 0.4) is 0 Å². The van der Waals surface area contributed by atoms with Gasteiger partial charge in [-0.15, -0.1) is 0 Å². The summed E-state index contributed by atoms with van der Waals surface area (Å²) in [5, 5.41) is 1.75. The number of esters is 1. The summed E-state index contributed by atoms with van der Waals surface area (Å²) in [5.74, 6) is -0.903. The van der Waals surface area contributed by atoms with Gasteiger partial charge in [-0.25, -0.2) is 4.79 Å². The van der Waals surface area contributed by atoms with Crippen molar-refractivity contribution in [2.45, 2.75) is 12.8 Å². The van der Waals surface area contributed by atoms with E-state index >= 15 is 0 Å². The fourth-order valence-electron chi connectivity index (χ4n) is 1.90. The molecule has 1 aromatic carbocycles. The van der Waals surface area contributed by atoms with Gasteiger partial charge in [0.05, 0.1) is 16.7 Å². The number of H-pyrrole nitrogens is 1. The standard InChI is InChI=1S/C15H14Cl2N2O3/c16-11-6-10-9(8-19-13(10)7-12(11)17)3-4-15(21)22-5-1-2-14(18)20/h3-4,6-8,19H,1-2,5H2,(H2,18,20). The Morgan fingerprint density at radius 1 is 1.27 bits per heavy atom. The molecule has 1 aromatic heterocycles. The molecule has 0 saturated carbocycles. The molecule has 0 unspecified atom stereocenters. The monoisotopic (exact) mass is 340 g/mol. The van der Waals surface area contributed by atoms with Crippen LogP contribution in [0, 0.1) is 0 Å². The minimum Gasteiger partial charge on any atom is -0.463 e. The van der Waals surface area contributed by atoms with E-state index in [1.807, 2.05) is 0 Å². The molecule has 0 saturated heterocycles. The van der Waals surface area contributed by atoms with E-state index in [2.05, 4.69) is 4.98 Å². The van der Waals surface area contributed by atoms with Gasteiger partial charge in [-0.3, -0.25) is 4.79 Å². The number of halogens is 2. The minimum atomic E-state index is -0.487. The second-order valence-electron chi connectivity index (χ2n) is 4.63. The Morgan fingerprint density at radius 3 is 2.73 bits per heavy atom. The zero-order valence-corrected chi connectivity index (χ0v) is 13.1. The van der Waals surface area contributed by atoms with Crippen LogP contribution in [0.1, 0.15) is 18.4 Å². The fraction of sp³-hybridized carbons (Fsp3) is 0.200. The van der Waals surface area contributed by atoms with Gasteiger partial charge in [-0.1, -0.05) is 23.2 Å². The number of carbonyl (C=O) groups excluding carboxylic acids is 2. The predicted octanol–water partition coefficient (Wildman–Crippen LogP) is 3.30. The van der Waals surface area contributed by atoms with E-state index in [0.29, 0.717) is 16.5 Å². The first-order valence-electron chi connectivity index (χ1n) is 6.56. The van der Waals surface area contributed by atoms with Crippen LogP contribution in [0.25, 0.3) is 17.0 Å². The molecule has 0 fully saturated rings. The van der Waals surface area contributed by atoms with Crippen molar-refractivity contribution in [1.82, 2.24) is 4.98 Å². The number of carbonyl (C=O) groups is 2. The number of aromatic nitrogens is 1. The van der Waals surface area contributed by atoms with Gasteiger partial charge >= 0.3 is 5.97 Å². The van der Waals surface area contributed by atoms with Gasteiger partial charge in [0.15, 0.2) is 0 Å². The second-order valence-corrected chi connectivity index (χ2v) is 5.44. The van der Waals surface area contributed by atoms with Crippen LogP contribution in [-0.4, -0.2) is 23.5 Å². The predicted molar refractivity (Wildman–Crippen MR) is 86.7 cm³/mol. The summed E-state index contributed by atoms with van der Waals surface area (Å²) in [6, 6.07) is 3.45. The zero-order chi connectivity index (χ0) is 16.1. The van der Waals surface area contributed by atoms with Crippen molar-refractivity contribution >= 4 is 52.1 Å². The summed E-state index contributed by atoms with van der Waals surface area (Å²) in [4.78, 5) is 25.1. The summed E-state index contributed by atoms with van der Waals surface area (Å²) in [5.41, 5.74) is 6.61. The van der Waals surface area contributed by atoms with Crippen LogP contribution in [0.15, 0.2) is 24.4 Å². The van der Waals surface area contributed by atoms with Crippen molar-refractivity contribution < 1.29 is 14.3 Å². The molecule has 0 bridgehead atoms. The molecule has 0 aliphatic carbocycles. The van der Waals surface area contributed by atoms with Crippen molar-refractivity contribution in [3.8, 4) is 0 Å². The number of nitrogens with two attached hydrogens (primary N) is 1. The number of hydrogen-bond acceptors (Lipinski definition) is 3. The lowest BCUT2D eigenvalue weighted by Crippen LogP contribution is -2.12. The number of amides is 1. The topological polar surface area (TPSA) is 85.2 Å². The Hall–Kier alpha value is -1.98. The van der Waals surface area contributed by atoms with Crippen molar-refractivity contribution in [3.05, 3.63) is 40.0 Å². The van der Waals surface area contributed by atoms with Gasteiger partial charge in [0.25, 0.3) is 0 Å². The maximum Gasteiger partial charge on any atom is 0.330 e. The lowest BCUT2D eigenvalue weighted by molar-refractivity contribution is -0.138. The summed E-state index contributed by atoms with van der Waals surface area (Å²) < 4.78 is 4.95. The van der Waals surface area contributed by atoms with Crippen LogP contribution >= 0.6 is 23.2 Å². The number of rotatable bonds is 6. The SMILES string of the molecule is NC(=O)CCCOC(=O)C=Cc1c[nH]c2cc(Cl)c(Cl)cc12. The number of primary amides is 1. The van der Waals surface area contributed by atoms with Gasteiger partial charge in [0.2, 0.25) is 5.91 Å². The summed E-state index contributed by atoms with van der Waals surface area (Å²) in [7, 11) is 0. The Bertz CT molecular complexity index is 738. The van der Waals surface area contributed by atoms with E-state index in [1.165, 1.54) is 6.08 Å². The van der Waals surface area contributed by atoms with Gasteiger partial charge in [-0.05, 0) is 24.6 Å². The highest BCUT2D eigenvalue weighted by Gasteiger charge is 2.06. The molecule has 0 spiro atoms. The largest absolute Gasteiger partial charge is 0.463 e. The molecule has 5 nitrogen and oxygen atoms in total. The van der Waals surface area contributed by atoms with E-state index in [9.17, 15) is 9.59 Å². The van der Waals surface area contributed by atoms with Gasteiger partial charge in [0.1, 0.15) is 0 Å². The molecule has 1 heterocycles. The van der Waals surface area contributed by atoms with Crippen LogP contribution in [0.5, 0.6) is 0 Å². The van der Waals surface area contributed by atoms with E-state index in [-0.39, 0.29) is 13.0 Å². The van der Waals surface area contributed by atoms with Crippen molar-refractivity contribution in [1.29, 1.82) is 0 Å². The van der Waals surface area contributed by atoms with Crippen molar-refractivity contribution in [3.63, 3.8) is 0 Å². The first-order chi connectivity index (χ1) is 10.5. The third-order valence-electron chi connectivity index (χ3n) is 2.97. The van der Waals surface area contributed by atoms with E-state index in [1.54, 1.807) is 24.4 Å². The average molecular weight is 341 g/mol. The summed E-state index contributed by atoms with van der Waals surface area (Å²) in [6.45, 7) is 0.154. The number of nitrogens with one attached hydrogen (secondary N) is 1. The average Bonchev–Trinajstić information content (AvgIpc) is 2.84. The lowest BCUT2D eigenvalue weighted by atomic mass is 10.1. The van der Waals surface area contributed by atoms with Crippen LogP contribution < -0.4 is 5.73 Å². The third kappa shape index (κ3) is 4.26. The molecular formula is C15H14Cl2N2O3. The smallest absolute Gasteiger partial charge is 0.330 e. The second kappa shape index (κ2) is 7.33. The first kappa shape index (κ1) is 16.4. The summed E-state index contributed by atoms with van der Waals surface area (Å²) in [6.07, 6.45) is 5.29. The molecule has 0 atom stereocenters. The van der Waals surface area contributed by atoms with E-state index in [4.69, 9.17) is 33.7 Å². The molecule has 3 N–H and O–H groups in total. The molecule has 0 aliphatic heterocycles. The molecule has 0 aliphatic rings. The fourth-order valence-corrected chi connectivity index (χ4v) is 2.23. The number of fused-ring (bicyclic) bond motifs is 1. The quantitative estimate of drug-likeness (QED) is 0.480. The zero-order valence-electron chi connectivity index (χ0n) is 11.6. The van der Waals surface area contributed by atoms with E-state index < -0.39 is 11.9 Å². The molecule has 1 amide bonds. The number of ether oxygens (including phenoxy) is 1. The number of aromatic amines is 1. The molecule has 116 valence electrons. The van der Waals surface area contributed by atoms with E-state index in [0.717, 1.165) is 16.5 Å². The third-order valence-corrected chi connectivity index (χ3v) is 3.69. The minimum absolute atomic E-state index is 0.154. The molecular weight excluding hydrogens is 327 g/mol. The molecule has 7 heteroatoms. The maximum absolute atomic E-state index is 11.6. The van der Waals surface area contributed by atoms with Crippen molar-refractivity contribution in [2.75, 3.05) is 6.61 Å².